The van der Waals surface area contributed by atoms with Crippen molar-refractivity contribution >= 4 is 0 Å². The Labute approximate surface area is 76.4 Å². The summed E-state index contributed by atoms with van der Waals surface area (Å²) < 4.78 is 0. The first-order valence-corrected chi connectivity index (χ1v) is 5.20. The molecule has 0 aliphatic carbocycles. The molecule has 0 aliphatic heterocycles. The zero-order valence-electron chi connectivity index (χ0n) is 8.47. The summed E-state index contributed by atoms with van der Waals surface area (Å²) >= 11 is 0. The van der Waals surface area contributed by atoms with Gasteiger partial charge in [-0.1, -0.05) is 33.1 Å². The fourth-order valence-corrected chi connectivity index (χ4v) is 1.09. The van der Waals surface area contributed by atoms with Crippen molar-refractivity contribution in [3.8, 4) is 0 Å². The van der Waals surface area contributed by atoms with Gasteiger partial charge in [0, 0.05) is 6.54 Å². The van der Waals surface area contributed by atoms with Gasteiger partial charge in [-0.05, 0) is 19.4 Å². The molecular weight excluding hydrogens is 150 g/mol. The van der Waals surface area contributed by atoms with Gasteiger partial charge in [0.25, 0.3) is 0 Å². The third kappa shape index (κ3) is 8.02. The zero-order chi connectivity index (χ0) is 9.23. The SMILES string of the molecule is CCCCCCNCC(O)CC. The van der Waals surface area contributed by atoms with E-state index >= 15 is 0 Å². The van der Waals surface area contributed by atoms with E-state index in [9.17, 15) is 5.11 Å². The average molecular weight is 173 g/mol. The molecule has 1 unspecified atom stereocenters. The number of nitrogens with one attached hydrogen (secondary N) is 1. The highest BCUT2D eigenvalue weighted by atomic mass is 16.3. The van der Waals surface area contributed by atoms with Crippen molar-refractivity contribution < 1.29 is 5.11 Å². The normalized spacial score (nSPS) is 13.2. The molecule has 0 aromatic rings. The summed E-state index contributed by atoms with van der Waals surface area (Å²) in [5, 5.41) is 12.4. The molecule has 2 nitrogen and oxygen atoms in total. The first-order chi connectivity index (χ1) is 5.81. The fraction of sp³-hybridized carbons (Fsp3) is 1.00. The van der Waals surface area contributed by atoms with Crippen molar-refractivity contribution in [2.24, 2.45) is 0 Å². The highest BCUT2D eigenvalue weighted by Crippen LogP contribution is 1.97. The molecular formula is C10H23NO. The monoisotopic (exact) mass is 173 g/mol. The standard InChI is InChI=1S/C10H23NO/c1-3-5-6-7-8-11-9-10(12)4-2/h10-12H,3-9H2,1-2H3. The van der Waals surface area contributed by atoms with E-state index in [-0.39, 0.29) is 6.10 Å². The number of hydrogen-bond donors (Lipinski definition) is 2. The Balaban J connectivity index is 2.90. The van der Waals surface area contributed by atoms with Crippen LogP contribution in [0.25, 0.3) is 0 Å². The molecule has 1 atom stereocenters. The molecule has 0 radical (unpaired) electrons. The molecule has 0 aromatic carbocycles. The van der Waals surface area contributed by atoms with Crippen LogP contribution in [-0.2, 0) is 0 Å². The first-order valence-electron chi connectivity index (χ1n) is 5.20. The number of aliphatic hydroxyl groups is 1. The van der Waals surface area contributed by atoms with E-state index < -0.39 is 0 Å². The Hall–Kier alpha value is -0.0800. The van der Waals surface area contributed by atoms with Crippen LogP contribution in [0, 0.1) is 0 Å². The van der Waals surface area contributed by atoms with E-state index in [0.29, 0.717) is 0 Å². The number of hydrogen-bond acceptors (Lipinski definition) is 2. The summed E-state index contributed by atoms with van der Waals surface area (Å²) in [6.07, 6.45) is 5.87. The van der Waals surface area contributed by atoms with Crippen LogP contribution >= 0.6 is 0 Å². The maximum atomic E-state index is 9.20. The second-order valence-corrected chi connectivity index (χ2v) is 3.33. The van der Waals surface area contributed by atoms with Crippen molar-refractivity contribution in [1.29, 1.82) is 0 Å². The lowest BCUT2D eigenvalue weighted by atomic mass is 10.2. The molecule has 74 valence electrons. The maximum Gasteiger partial charge on any atom is 0.0662 e. The van der Waals surface area contributed by atoms with Crippen molar-refractivity contribution in [2.75, 3.05) is 13.1 Å². The van der Waals surface area contributed by atoms with Gasteiger partial charge in [-0.3, -0.25) is 0 Å². The second-order valence-electron chi connectivity index (χ2n) is 3.33. The van der Waals surface area contributed by atoms with Crippen LogP contribution in [0.3, 0.4) is 0 Å². The predicted molar refractivity (Wildman–Crippen MR) is 53.3 cm³/mol. The summed E-state index contributed by atoms with van der Waals surface area (Å²) in [5.41, 5.74) is 0. The Morgan fingerprint density at radius 2 is 1.92 bits per heavy atom. The molecule has 12 heavy (non-hydrogen) atoms. The molecule has 0 spiro atoms. The van der Waals surface area contributed by atoms with Gasteiger partial charge in [0.05, 0.1) is 6.10 Å². The van der Waals surface area contributed by atoms with Crippen molar-refractivity contribution in [2.45, 2.75) is 52.1 Å². The van der Waals surface area contributed by atoms with Gasteiger partial charge in [0.1, 0.15) is 0 Å². The lowest BCUT2D eigenvalue weighted by molar-refractivity contribution is 0.167. The van der Waals surface area contributed by atoms with Gasteiger partial charge in [0.2, 0.25) is 0 Å². The Morgan fingerprint density at radius 3 is 2.50 bits per heavy atom. The van der Waals surface area contributed by atoms with E-state index in [1.807, 2.05) is 6.92 Å². The Kier molecular flexibility index (Phi) is 8.95. The van der Waals surface area contributed by atoms with Crippen LogP contribution in [0.15, 0.2) is 0 Å². The molecule has 0 fully saturated rings. The van der Waals surface area contributed by atoms with Crippen molar-refractivity contribution in [3.63, 3.8) is 0 Å². The summed E-state index contributed by atoms with van der Waals surface area (Å²) in [6.45, 7) is 6.03. The molecule has 0 rings (SSSR count). The van der Waals surface area contributed by atoms with Gasteiger partial charge < -0.3 is 10.4 Å². The van der Waals surface area contributed by atoms with E-state index in [1.54, 1.807) is 0 Å². The van der Waals surface area contributed by atoms with Crippen molar-refractivity contribution in [3.05, 3.63) is 0 Å². The van der Waals surface area contributed by atoms with Gasteiger partial charge in [-0.25, -0.2) is 0 Å². The lowest BCUT2D eigenvalue weighted by Crippen LogP contribution is -2.26. The molecule has 0 heterocycles. The summed E-state index contributed by atoms with van der Waals surface area (Å²) in [7, 11) is 0. The van der Waals surface area contributed by atoms with Crippen LogP contribution in [0.5, 0.6) is 0 Å². The highest BCUT2D eigenvalue weighted by molar-refractivity contribution is 4.56. The van der Waals surface area contributed by atoms with Gasteiger partial charge >= 0.3 is 0 Å². The van der Waals surface area contributed by atoms with Gasteiger partial charge in [-0.2, -0.15) is 0 Å². The third-order valence-electron chi connectivity index (χ3n) is 2.06. The second kappa shape index (κ2) is 9.01. The molecule has 0 amide bonds. The third-order valence-corrected chi connectivity index (χ3v) is 2.06. The molecule has 2 N–H and O–H groups in total. The Bertz CT molecular complexity index is 85.9. The average Bonchev–Trinajstić information content (AvgIpc) is 2.10. The minimum atomic E-state index is -0.156. The van der Waals surface area contributed by atoms with Crippen LogP contribution in [0.1, 0.15) is 46.0 Å². The van der Waals surface area contributed by atoms with Crippen LogP contribution in [0.2, 0.25) is 0 Å². The Morgan fingerprint density at radius 1 is 1.17 bits per heavy atom. The molecule has 0 saturated heterocycles. The molecule has 0 bridgehead atoms. The lowest BCUT2D eigenvalue weighted by Gasteiger charge is -2.08. The minimum Gasteiger partial charge on any atom is -0.392 e. The van der Waals surface area contributed by atoms with Gasteiger partial charge in [0.15, 0.2) is 0 Å². The number of rotatable bonds is 8. The minimum absolute atomic E-state index is 0.156. The smallest absolute Gasteiger partial charge is 0.0662 e. The van der Waals surface area contributed by atoms with E-state index in [2.05, 4.69) is 12.2 Å². The molecule has 0 aromatic heterocycles. The number of unbranched alkanes of at least 4 members (excludes halogenated alkanes) is 3. The van der Waals surface area contributed by atoms with Gasteiger partial charge in [-0.15, -0.1) is 0 Å². The number of aliphatic hydroxyl groups excluding tert-OH is 1. The van der Waals surface area contributed by atoms with E-state index in [4.69, 9.17) is 0 Å². The zero-order valence-corrected chi connectivity index (χ0v) is 8.47. The van der Waals surface area contributed by atoms with Crippen LogP contribution < -0.4 is 5.32 Å². The topological polar surface area (TPSA) is 32.3 Å². The predicted octanol–water partition coefficient (Wildman–Crippen LogP) is 1.93. The largest absolute Gasteiger partial charge is 0.392 e. The van der Waals surface area contributed by atoms with Crippen LogP contribution in [0.4, 0.5) is 0 Å². The summed E-state index contributed by atoms with van der Waals surface area (Å²) in [5.74, 6) is 0. The van der Waals surface area contributed by atoms with E-state index in [1.165, 1.54) is 25.7 Å². The van der Waals surface area contributed by atoms with Crippen LogP contribution in [-0.4, -0.2) is 24.3 Å². The molecule has 0 saturated carbocycles. The molecule has 2 heteroatoms. The quantitative estimate of drug-likeness (QED) is 0.550. The highest BCUT2D eigenvalue weighted by Gasteiger charge is 1.97. The molecule has 0 aliphatic rings. The first kappa shape index (κ1) is 11.9. The van der Waals surface area contributed by atoms with Crippen molar-refractivity contribution in [1.82, 2.24) is 5.32 Å². The maximum absolute atomic E-state index is 9.20. The van der Waals surface area contributed by atoms with E-state index in [0.717, 1.165) is 19.5 Å². The summed E-state index contributed by atoms with van der Waals surface area (Å²) in [4.78, 5) is 0. The summed E-state index contributed by atoms with van der Waals surface area (Å²) in [6, 6.07) is 0. The fourth-order valence-electron chi connectivity index (χ4n) is 1.09.